The number of fused-ring (bicyclic) bond motifs is 1. The Balaban J connectivity index is 2.03. The summed E-state index contributed by atoms with van der Waals surface area (Å²) in [6.07, 6.45) is 5.27. The van der Waals surface area contributed by atoms with E-state index in [9.17, 15) is 9.50 Å². The average Bonchev–Trinajstić information content (AvgIpc) is 3.22. The summed E-state index contributed by atoms with van der Waals surface area (Å²) < 4.78 is 15.3. The maximum absolute atomic E-state index is 13.5. The normalized spacial score (nSPS) is 17.6. The molecule has 0 amide bonds. The lowest BCUT2D eigenvalue weighted by atomic mass is 10.1. The highest BCUT2D eigenvalue weighted by molar-refractivity contribution is 6.36. The van der Waals surface area contributed by atoms with Crippen LogP contribution < -0.4 is 4.90 Å². The van der Waals surface area contributed by atoms with Crippen molar-refractivity contribution in [2.45, 2.75) is 18.9 Å². The van der Waals surface area contributed by atoms with E-state index in [4.69, 9.17) is 23.2 Å². The molecule has 0 radical (unpaired) electrons. The van der Waals surface area contributed by atoms with Gasteiger partial charge in [0.1, 0.15) is 16.8 Å². The topological polar surface area (TPSA) is 53.7 Å². The first-order valence-corrected chi connectivity index (χ1v) is 8.71. The van der Waals surface area contributed by atoms with Gasteiger partial charge in [0, 0.05) is 24.5 Å². The molecule has 2 aromatic heterocycles. The molecule has 130 valence electrons. The van der Waals surface area contributed by atoms with Gasteiger partial charge in [-0.1, -0.05) is 23.2 Å². The van der Waals surface area contributed by atoms with Crippen LogP contribution >= 0.6 is 23.2 Å². The van der Waals surface area contributed by atoms with Crippen LogP contribution in [-0.4, -0.2) is 38.7 Å². The van der Waals surface area contributed by atoms with Gasteiger partial charge in [0.15, 0.2) is 0 Å². The molecule has 1 atom stereocenters. The van der Waals surface area contributed by atoms with E-state index in [2.05, 4.69) is 14.9 Å². The standard InChI is InChI=1S/C17H15Cl2FN4O/c18-13-8-10(20)3-4-12(13)14-15(19)22-17-21-5-7-24(17)16(14)23-6-1-2-11(23)9-25/h3-5,7-8,11,25H,1-2,6,9H2/t11-/m0/s1. The minimum absolute atomic E-state index is 0.0259. The van der Waals surface area contributed by atoms with Gasteiger partial charge in [-0.05, 0) is 31.0 Å². The summed E-state index contributed by atoms with van der Waals surface area (Å²) in [6, 6.07) is 4.16. The number of nitrogens with zero attached hydrogens (tertiary/aromatic N) is 4. The van der Waals surface area contributed by atoms with Gasteiger partial charge in [0.05, 0.1) is 23.2 Å². The molecule has 0 unspecified atom stereocenters. The van der Waals surface area contributed by atoms with Gasteiger partial charge in [-0.15, -0.1) is 0 Å². The van der Waals surface area contributed by atoms with Crippen molar-refractivity contribution >= 4 is 34.8 Å². The summed E-state index contributed by atoms with van der Waals surface area (Å²) in [7, 11) is 0. The monoisotopic (exact) mass is 380 g/mol. The van der Waals surface area contributed by atoms with Crippen LogP contribution in [0.4, 0.5) is 10.2 Å². The van der Waals surface area contributed by atoms with Crippen LogP contribution in [0, 0.1) is 5.82 Å². The Hall–Kier alpha value is -1.89. The summed E-state index contributed by atoms with van der Waals surface area (Å²) in [5.74, 6) is 0.806. The molecular formula is C17H15Cl2FN4O. The summed E-state index contributed by atoms with van der Waals surface area (Å²) in [6.45, 7) is 0.803. The van der Waals surface area contributed by atoms with Gasteiger partial charge in [0.2, 0.25) is 5.78 Å². The minimum atomic E-state index is -0.419. The molecular weight excluding hydrogens is 366 g/mol. The molecule has 1 N–H and O–H groups in total. The third-order valence-corrected chi connectivity index (χ3v) is 5.12. The third kappa shape index (κ3) is 2.74. The zero-order chi connectivity index (χ0) is 17.6. The Morgan fingerprint density at radius 1 is 1.32 bits per heavy atom. The maximum Gasteiger partial charge on any atom is 0.236 e. The number of rotatable bonds is 3. The first-order valence-electron chi connectivity index (χ1n) is 7.95. The van der Waals surface area contributed by atoms with Gasteiger partial charge in [0.25, 0.3) is 0 Å². The van der Waals surface area contributed by atoms with E-state index in [1.165, 1.54) is 12.1 Å². The zero-order valence-corrected chi connectivity index (χ0v) is 14.7. The lowest BCUT2D eigenvalue weighted by molar-refractivity contribution is 0.266. The van der Waals surface area contributed by atoms with Gasteiger partial charge in [-0.2, -0.15) is 4.98 Å². The van der Waals surface area contributed by atoms with Crippen LogP contribution in [0.15, 0.2) is 30.6 Å². The molecule has 8 heteroatoms. The molecule has 4 rings (SSSR count). The summed E-state index contributed by atoms with van der Waals surface area (Å²) in [5, 5.41) is 10.2. The molecule has 0 saturated carbocycles. The van der Waals surface area contributed by atoms with Gasteiger partial charge >= 0.3 is 0 Å². The summed E-state index contributed by atoms with van der Waals surface area (Å²) >= 11 is 12.8. The number of aliphatic hydroxyl groups is 1. The Kier molecular flexibility index (Phi) is 4.27. The average molecular weight is 381 g/mol. The molecule has 1 aliphatic rings. The van der Waals surface area contributed by atoms with Crippen molar-refractivity contribution in [3.63, 3.8) is 0 Å². The number of hydrogen-bond donors (Lipinski definition) is 1. The molecule has 0 spiro atoms. The van der Waals surface area contributed by atoms with E-state index in [0.29, 0.717) is 16.9 Å². The predicted molar refractivity (Wildman–Crippen MR) is 95.9 cm³/mol. The van der Waals surface area contributed by atoms with E-state index < -0.39 is 5.82 Å². The second-order valence-corrected chi connectivity index (χ2v) is 6.76. The minimum Gasteiger partial charge on any atom is -0.394 e. The van der Waals surface area contributed by atoms with E-state index >= 15 is 0 Å². The molecule has 5 nitrogen and oxygen atoms in total. The molecule has 1 fully saturated rings. The van der Waals surface area contributed by atoms with Crippen molar-refractivity contribution in [1.82, 2.24) is 14.4 Å². The smallest absolute Gasteiger partial charge is 0.236 e. The van der Waals surface area contributed by atoms with Crippen LogP contribution in [0.3, 0.4) is 0 Å². The number of imidazole rings is 1. The van der Waals surface area contributed by atoms with Crippen LogP contribution in [0.5, 0.6) is 0 Å². The Bertz CT molecular complexity index is 946. The highest BCUT2D eigenvalue weighted by Gasteiger charge is 2.30. The maximum atomic E-state index is 13.5. The lowest BCUT2D eigenvalue weighted by Gasteiger charge is -2.29. The number of hydrogen-bond acceptors (Lipinski definition) is 4. The second kappa shape index (κ2) is 6.44. The molecule has 0 aliphatic carbocycles. The fourth-order valence-electron chi connectivity index (χ4n) is 3.41. The predicted octanol–water partition coefficient (Wildman–Crippen LogP) is 3.80. The van der Waals surface area contributed by atoms with Crippen LogP contribution in [0.1, 0.15) is 12.8 Å². The second-order valence-electron chi connectivity index (χ2n) is 5.99. The fraction of sp³-hybridized carbons (Fsp3) is 0.294. The first-order chi connectivity index (χ1) is 12.1. The lowest BCUT2D eigenvalue weighted by Crippen LogP contribution is -2.34. The highest BCUT2D eigenvalue weighted by Crippen LogP contribution is 2.42. The summed E-state index contributed by atoms with van der Waals surface area (Å²) in [5.41, 5.74) is 1.20. The number of halogens is 3. The van der Waals surface area contributed by atoms with E-state index in [1.54, 1.807) is 18.5 Å². The molecule has 25 heavy (non-hydrogen) atoms. The molecule has 1 aliphatic heterocycles. The number of aliphatic hydroxyl groups excluding tert-OH is 1. The molecule has 3 heterocycles. The molecule has 1 aromatic carbocycles. The van der Waals surface area contributed by atoms with Crippen LogP contribution in [-0.2, 0) is 0 Å². The van der Waals surface area contributed by atoms with E-state index in [1.807, 2.05) is 4.40 Å². The van der Waals surface area contributed by atoms with Gasteiger partial charge in [-0.25, -0.2) is 9.37 Å². The van der Waals surface area contributed by atoms with Crippen molar-refractivity contribution in [1.29, 1.82) is 0 Å². The number of aromatic nitrogens is 3. The van der Waals surface area contributed by atoms with Crippen molar-refractivity contribution in [2.24, 2.45) is 0 Å². The Morgan fingerprint density at radius 3 is 2.92 bits per heavy atom. The molecule has 0 bridgehead atoms. The largest absolute Gasteiger partial charge is 0.394 e. The van der Waals surface area contributed by atoms with Crippen molar-refractivity contribution in [3.05, 3.63) is 46.6 Å². The highest BCUT2D eigenvalue weighted by atomic mass is 35.5. The Labute approximate surface area is 153 Å². The number of benzene rings is 1. The number of anilines is 1. The van der Waals surface area contributed by atoms with E-state index in [0.717, 1.165) is 25.2 Å². The fourth-order valence-corrected chi connectivity index (χ4v) is 3.93. The quantitative estimate of drug-likeness (QED) is 0.702. The van der Waals surface area contributed by atoms with Crippen molar-refractivity contribution in [3.8, 4) is 11.1 Å². The van der Waals surface area contributed by atoms with Crippen LogP contribution in [0.2, 0.25) is 10.2 Å². The van der Waals surface area contributed by atoms with E-state index in [-0.39, 0.29) is 22.8 Å². The van der Waals surface area contributed by atoms with Crippen LogP contribution in [0.25, 0.3) is 16.9 Å². The Morgan fingerprint density at radius 2 is 2.16 bits per heavy atom. The van der Waals surface area contributed by atoms with Gasteiger partial charge in [-0.3, -0.25) is 4.40 Å². The first kappa shape index (κ1) is 16.6. The van der Waals surface area contributed by atoms with Crippen molar-refractivity contribution in [2.75, 3.05) is 18.1 Å². The molecule has 1 saturated heterocycles. The third-order valence-electron chi connectivity index (χ3n) is 4.54. The van der Waals surface area contributed by atoms with Gasteiger partial charge < -0.3 is 10.0 Å². The van der Waals surface area contributed by atoms with Crippen molar-refractivity contribution < 1.29 is 9.50 Å². The SMILES string of the molecule is OC[C@@H]1CCCN1c1c(-c2ccc(F)cc2Cl)c(Cl)nc2nccn12. The molecule has 3 aromatic rings. The zero-order valence-electron chi connectivity index (χ0n) is 13.2. The summed E-state index contributed by atoms with van der Waals surface area (Å²) in [4.78, 5) is 10.6.